The number of hydrogen-bond acceptors (Lipinski definition) is 3. The Morgan fingerprint density at radius 2 is 1.97 bits per heavy atom. The number of halogens is 7. The van der Waals surface area contributed by atoms with Crippen LogP contribution in [0, 0.1) is 23.1 Å². The average molecular weight is 486 g/mol. The Labute approximate surface area is 189 Å². The number of rotatable bonds is 5. The molecule has 0 aliphatic heterocycles. The van der Waals surface area contributed by atoms with Gasteiger partial charge < -0.3 is 9.30 Å². The Morgan fingerprint density at radius 1 is 1.26 bits per heavy atom. The van der Waals surface area contributed by atoms with Crippen molar-refractivity contribution in [2.24, 2.45) is 5.92 Å². The molecule has 1 heterocycles. The van der Waals surface area contributed by atoms with Crippen molar-refractivity contribution in [2.45, 2.75) is 32.2 Å². The fraction of sp³-hybridized carbons (Fsp3) is 0.304. The lowest BCUT2D eigenvalue weighted by atomic mass is 9.89. The maximum Gasteiger partial charge on any atom is 0.416 e. The van der Waals surface area contributed by atoms with Crippen molar-refractivity contribution in [3.63, 3.8) is 0 Å². The summed E-state index contributed by atoms with van der Waals surface area (Å²) in [7, 11) is 0. The molecular weight excluding hydrogens is 469 g/mol. The van der Waals surface area contributed by atoms with Crippen LogP contribution in [-0.2, 0) is 16.1 Å². The average Bonchev–Trinajstić information content (AvgIpc) is 3.09. The third kappa shape index (κ3) is 5.32. The van der Waals surface area contributed by atoms with Gasteiger partial charge in [-0.15, -0.1) is 0 Å². The van der Waals surface area contributed by atoms with Gasteiger partial charge in [0.15, 0.2) is 0 Å². The molecule has 0 radical (unpaired) electrons. The summed E-state index contributed by atoms with van der Waals surface area (Å²) >= 11 is 0. The first-order chi connectivity index (χ1) is 15.8. The Kier molecular flexibility index (Phi) is 6.91. The zero-order valence-corrected chi connectivity index (χ0v) is 17.6. The number of benzene rings is 1. The number of allylic oxidation sites excluding steroid dienone is 4. The number of ether oxygens (including phenoxy) is 1. The van der Waals surface area contributed by atoms with E-state index in [4.69, 9.17) is 4.74 Å². The van der Waals surface area contributed by atoms with E-state index in [1.165, 1.54) is 29.8 Å². The monoisotopic (exact) mass is 486 g/mol. The van der Waals surface area contributed by atoms with Gasteiger partial charge in [-0.3, -0.25) is 0 Å². The van der Waals surface area contributed by atoms with Crippen molar-refractivity contribution in [3.8, 4) is 6.07 Å². The van der Waals surface area contributed by atoms with E-state index in [1.54, 1.807) is 6.07 Å². The van der Waals surface area contributed by atoms with Crippen LogP contribution in [0.5, 0.6) is 0 Å². The molecule has 0 spiro atoms. The molecule has 0 N–H and O–H groups in total. The maximum atomic E-state index is 14.6. The highest BCUT2D eigenvalue weighted by atomic mass is 19.4. The molecule has 11 heteroatoms. The van der Waals surface area contributed by atoms with E-state index < -0.39 is 54.2 Å². The SMILES string of the molecule is CCOC(=O)/C(C#N)=C/c1cn(CC2=CC(C(F)(F)F)=CC(C(F)(F)F)C2)c2cccc(F)c12. The highest BCUT2D eigenvalue weighted by Gasteiger charge is 2.44. The third-order valence-corrected chi connectivity index (χ3v) is 5.14. The van der Waals surface area contributed by atoms with E-state index >= 15 is 0 Å². The van der Waals surface area contributed by atoms with Crippen LogP contribution >= 0.6 is 0 Å². The van der Waals surface area contributed by atoms with Crippen LogP contribution in [0.25, 0.3) is 17.0 Å². The zero-order valence-electron chi connectivity index (χ0n) is 17.6. The van der Waals surface area contributed by atoms with Gasteiger partial charge in [0.1, 0.15) is 17.5 Å². The third-order valence-electron chi connectivity index (χ3n) is 5.14. The molecule has 0 bridgehead atoms. The second-order valence-electron chi connectivity index (χ2n) is 7.51. The highest BCUT2D eigenvalue weighted by molar-refractivity contribution is 6.01. The van der Waals surface area contributed by atoms with Gasteiger partial charge in [-0.1, -0.05) is 12.1 Å². The highest BCUT2D eigenvalue weighted by Crippen LogP contribution is 2.41. The number of nitriles is 1. The minimum atomic E-state index is -4.98. The van der Waals surface area contributed by atoms with Crippen LogP contribution in [0.4, 0.5) is 30.7 Å². The molecule has 0 saturated heterocycles. The lowest BCUT2D eigenvalue weighted by molar-refractivity contribution is -0.162. The molecule has 34 heavy (non-hydrogen) atoms. The number of aromatic nitrogens is 1. The van der Waals surface area contributed by atoms with Crippen LogP contribution < -0.4 is 0 Å². The summed E-state index contributed by atoms with van der Waals surface area (Å²) in [5.41, 5.74) is -1.80. The summed E-state index contributed by atoms with van der Waals surface area (Å²) in [6.45, 7) is 1.11. The molecule has 1 aliphatic carbocycles. The Hall–Kier alpha value is -3.55. The van der Waals surface area contributed by atoms with Crippen molar-refractivity contribution in [3.05, 3.63) is 64.6 Å². The summed E-state index contributed by atoms with van der Waals surface area (Å²) in [6, 6.07) is 5.50. The summed E-state index contributed by atoms with van der Waals surface area (Å²) in [4.78, 5) is 11.9. The predicted octanol–water partition coefficient (Wildman–Crippen LogP) is 6.25. The number of alkyl halides is 6. The Bertz CT molecular complexity index is 1240. The second kappa shape index (κ2) is 9.37. The number of nitrogens with zero attached hydrogens (tertiary/aromatic N) is 2. The van der Waals surface area contributed by atoms with Crippen molar-refractivity contribution in [1.29, 1.82) is 5.26 Å². The molecule has 1 unspecified atom stereocenters. The lowest BCUT2D eigenvalue weighted by Gasteiger charge is -2.25. The fourth-order valence-electron chi connectivity index (χ4n) is 3.68. The van der Waals surface area contributed by atoms with Gasteiger partial charge in [-0.2, -0.15) is 31.6 Å². The topological polar surface area (TPSA) is 55.0 Å². The lowest BCUT2D eigenvalue weighted by Crippen LogP contribution is -2.27. The standard InChI is InChI=1S/C23H17F7N2O2/c1-2-34-21(33)14(10-31)8-15-12-32(19-5-3-4-18(24)20(15)19)11-13-6-16(22(25,26)27)9-17(7-13)23(28,29)30/h3-6,8-9,12,17H,2,7,11H2,1H3/b14-8+. The van der Waals surface area contributed by atoms with Gasteiger partial charge in [0.25, 0.3) is 0 Å². The van der Waals surface area contributed by atoms with Gasteiger partial charge in [0.05, 0.1) is 23.6 Å². The quantitative estimate of drug-likeness (QED) is 0.217. The fourth-order valence-corrected chi connectivity index (χ4v) is 3.68. The van der Waals surface area contributed by atoms with Crippen LogP contribution in [0.15, 0.2) is 53.3 Å². The molecule has 2 aromatic rings. The molecule has 1 aromatic carbocycles. The molecular formula is C23H17F7N2O2. The first-order valence-corrected chi connectivity index (χ1v) is 9.96. The molecule has 180 valence electrons. The van der Waals surface area contributed by atoms with E-state index in [1.807, 2.05) is 0 Å². The minimum absolute atomic E-state index is 0.0163. The summed E-state index contributed by atoms with van der Waals surface area (Å²) in [5, 5.41) is 9.21. The molecule has 0 saturated carbocycles. The van der Waals surface area contributed by atoms with Crippen LogP contribution in [0.1, 0.15) is 18.9 Å². The van der Waals surface area contributed by atoms with E-state index in [-0.39, 0.29) is 34.7 Å². The van der Waals surface area contributed by atoms with E-state index in [2.05, 4.69) is 0 Å². The number of carbonyl (C=O) groups excluding carboxylic acids is 1. The smallest absolute Gasteiger partial charge is 0.416 e. The van der Waals surface area contributed by atoms with Crippen molar-refractivity contribution < 1.29 is 40.3 Å². The van der Waals surface area contributed by atoms with Crippen molar-refractivity contribution in [1.82, 2.24) is 4.57 Å². The molecule has 1 atom stereocenters. The summed E-state index contributed by atoms with van der Waals surface area (Å²) in [5.74, 6) is -4.02. The van der Waals surface area contributed by atoms with Gasteiger partial charge >= 0.3 is 18.3 Å². The van der Waals surface area contributed by atoms with E-state index in [0.717, 1.165) is 12.1 Å². The van der Waals surface area contributed by atoms with Gasteiger partial charge in [-0.25, -0.2) is 9.18 Å². The second-order valence-corrected chi connectivity index (χ2v) is 7.51. The molecule has 0 amide bonds. The van der Waals surface area contributed by atoms with Crippen molar-refractivity contribution >= 4 is 22.9 Å². The largest absolute Gasteiger partial charge is 0.462 e. The Morgan fingerprint density at radius 3 is 2.56 bits per heavy atom. The van der Waals surface area contributed by atoms with E-state index in [9.17, 15) is 40.8 Å². The minimum Gasteiger partial charge on any atom is -0.462 e. The molecule has 1 aromatic heterocycles. The normalized spacial score (nSPS) is 17.3. The van der Waals surface area contributed by atoms with Crippen LogP contribution in [0.2, 0.25) is 0 Å². The summed E-state index contributed by atoms with van der Waals surface area (Å²) < 4.78 is 100. The maximum absolute atomic E-state index is 14.6. The Balaban J connectivity index is 2.09. The van der Waals surface area contributed by atoms with Crippen molar-refractivity contribution in [2.75, 3.05) is 6.61 Å². The number of hydrogen-bond donors (Lipinski definition) is 0. The van der Waals surface area contributed by atoms with Gasteiger partial charge in [-0.05, 0) is 43.2 Å². The van der Waals surface area contributed by atoms with Crippen LogP contribution in [0.3, 0.4) is 0 Å². The first kappa shape index (κ1) is 25.1. The van der Waals surface area contributed by atoms with Crippen LogP contribution in [-0.4, -0.2) is 29.5 Å². The predicted molar refractivity (Wildman–Crippen MR) is 109 cm³/mol. The van der Waals surface area contributed by atoms with E-state index in [0.29, 0.717) is 6.08 Å². The zero-order chi connectivity index (χ0) is 25.3. The molecule has 3 rings (SSSR count). The number of carbonyl (C=O) groups is 1. The number of esters is 1. The van der Waals surface area contributed by atoms with Gasteiger partial charge in [0.2, 0.25) is 0 Å². The molecule has 4 nitrogen and oxygen atoms in total. The van der Waals surface area contributed by atoms with Gasteiger partial charge in [0, 0.05) is 23.7 Å². The molecule has 1 aliphatic rings. The summed E-state index contributed by atoms with van der Waals surface area (Å²) in [6.07, 6.45) is -7.42. The number of fused-ring (bicyclic) bond motifs is 1. The first-order valence-electron chi connectivity index (χ1n) is 9.96. The molecule has 0 fully saturated rings.